The first-order valence-corrected chi connectivity index (χ1v) is 12.9. The summed E-state index contributed by atoms with van der Waals surface area (Å²) in [6, 6.07) is 1.85. The molecular formula is C23H33BF2N2Si. The van der Waals surface area contributed by atoms with Crippen molar-refractivity contribution in [3.05, 3.63) is 40.9 Å². The highest BCUT2D eigenvalue weighted by molar-refractivity contribution is 6.90. The van der Waals surface area contributed by atoms with Crippen LogP contribution < -0.4 is 0 Å². The van der Waals surface area contributed by atoms with E-state index in [4.69, 9.17) is 0 Å². The molecule has 0 saturated heterocycles. The summed E-state index contributed by atoms with van der Waals surface area (Å²) in [5.41, 5.74) is 9.03. The maximum atomic E-state index is 15.7. The van der Waals surface area contributed by atoms with Crippen LogP contribution in [0.5, 0.6) is 0 Å². The van der Waals surface area contributed by atoms with E-state index in [1.54, 1.807) is 13.0 Å². The number of aromatic nitrogens is 1. The minimum Gasteiger partial charge on any atom is -0.394 e. The van der Waals surface area contributed by atoms with Gasteiger partial charge in [-0.1, -0.05) is 41.5 Å². The van der Waals surface area contributed by atoms with Gasteiger partial charge in [0, 0.05) is 23.4 Å². The number of rotatable bonds is 3. The Labute approximate surface area is 175 Å². The van der Waals surface area contributed by atoms with Gasteiger partial charge in [-0.2, -0.15) is 0 Å². The van der Waals surface area contributed by atoms with Crippen LogP contribution in [0.4, 0.5) is 8.63 Å². The highest BCUT2D eigenvalue weighted by Crippen LogP contribution is 2.41. The molecule has 0 aliphatic carbocycles. The van der Waals surface area contributed by atoms with E-state index in [0.717, 1.165) is 11.1 Å². The van der Waals surface area contributed by atoms with Crippen LogP contribution in [0.15, 0.2) is 23.9 Å². The van der Waals surface area contributed by atoms with Crippen LogP contribution in [0.2, 0.25) is 16.6 Å². The number of nitrogens with zero attached hydrogens (tertiary/aromatic N) is 2. The SMILES string of the molecule is CC1=C2C=CC(C#C[Si](C(C)C)(C(C)C)C(C)C)=[N+]2[B-](F)(F)n2c(C)cc(C)c21. The van der Waals surface area contributed by atoms with Crippen molar-refractivity contribution >= 4 is 26.3 Å². The second-order valence-corrected chi connectivity index (χ2v) is 15.1. The van der Waals surface area contributed by atoms with Crippen molar-refractivity contribution in [2.24, 2.45) is 0 Å². The standard InChI is InChI=1S/C23H33BF2N2Si/c1-15(2)29(16(3)4,17(5)6)13-12-21-10-11-22-20(9)23-18(7)14-19(8)27(23)24(25,26)28(21)22/h10-11,14-17H,1-9H3. The van der Waals surface area contributed by atoms with Crippen LogP contribution in [-0.2, 0) is 0 Å². The summed E-state index contributed by atoms with van der Waals surface area (Å²) < 4.78 is 33.9. The third-order valence-corrected chi connectivity index (χ3v) is 13.3. The zero-order valence-corrected chi connectivity index (χ0v) is 20.2. The average Bonchev–Trinajstić information content (AvgIpc) is 3.14. The van der Waals surface area contributed by atoms with Gasteiger partial charge in [0.15, 0.2) is 5.70 Å². The Morgan fingerprint density at radius 3 is 2.03 bits per heavy atom. The van der Waals surface area contributed by atoms with E-state index in [1.165, 1.54) is 8.96 Å². The maximum Gasteiger partial charge on any atom is 0.738 e. The quantitative estimate of drug-likeness (QED) is 0.404. The topological polar surface area (TPSA) is 7.94 Å². The van der Waals surface area contributed by atoms with E-state index < -0.39 is 15.0 Å². The summed E-state index contributed by atoms with van der Waals surface area (Å²) in [6.07, 6.45) is 3.59. The Morgan fingerprint density at radius 1 is 0.966 bits per heavy atom. The number of halogens is 2. The molecule has 1 aromatic rings. The Bertz CT molecular complexity index is 992. The Morgan fingerprint density at radius 2 is 1.52 bits per heavy atom. The summed E-state index contributed by atoms with van der Waals surface area (Å²) in [6.45, 7) is 15.1. The lowest BCUT2D eigenvalue weighted by molar-refractivity contribution is -0.360. The fraction of sp³-hybridized carbons (Fsp3) is 0.522. The van der Waals surface area contributed by atoms with E-state index in [1.807, 2.05) is 26.0 Å². The van der Waals surface area contributed by atoms with Gasteiger partial charge in [-0.25, -0.2) is 0 Å². The number of hydrogen-bond donors (Lipinski definition) is 0. The van der Waals surface area contributed by atoms with E-state index in [-0.39, 0.29) is 0 Å². The molecule has 3 rings (SSSR count). The number of hydrogen-bond acceptors (Lipinski definition) is 0. The molecule has 1 aromatic heterocycles. The molecule has 0 N–H and O–H groups in total. The smallest absolute Gasteiger partial charge is 0.394 e. The molecule has 0 spiro atoms. The molecule has 3 heterocycles. The molecule has 2 aliphatic heterocycles. The van der Waals surface area contributed by atoms with Gasteiger partial charge >= 0.3 is 6.97 Å². The van der Waals surface area contributed by atoms with E-state index >= 15 is 8.63 Å². The van der Waals surface area contributed by atoms with Gasteiger partial charge in [0.25, 0.3) is 0 Å². The van der Waals surface area contributed by atoms with Gasteiger partial charge in [-0.15, -0.1) is 5.54 Å². The monoisotopic (exact) mass is 414 g/mol. The van der Waals surface area contributed by atoms with Crippen molar-refractivity contribution in [1.29, 1.82) is 0 Å². The Kier molecular flexibility index (Phi) is 5.36. The lowest BCUT2D eigenvalue weighted by Gasteiger charge is -2.38. The van der Waals surface area contributed by atoms with Crippen LogP contribution in [-0.4, -0.2) is 29.7 Å². The maximum absolute atomic E-state index is 15.7. The van der Waals surface area contributed by atoms with Gasteiger partial charge in [0.05, 0.1) is 0 Å². The zero-order chi connectivity index (χ0) is 21.9. The minimum absolute atomic E-state index is 0.430. The highest BCUT2D eigenvalue weighted by atomic mass is 28.3. The first-order chi connectivity index (χ1) is 13.4. The molecule has 0 amide bonds. The molecule has 0 fully saturated rings. The van der Waals surface area contributed by atoms with Crippen molar-refractivity contribution in [2.45, 2.75) is 78.9 Å². The minimum atomic E-state index is -3.97. The number of allylic oxidation sites excluding steroid dienone is 3. The molecule has 0 unspecified atom stereocenters. The second kappa shape index (κ2) is 7.12. The zero-order valence-electron chi connectivity index (χ0n) is 19.2. The third kappa shape index (κ3) is 3.01. The average molecular weight is 414 g/mol. The Hall–Kier alpha value is -1.87. The normalized spacial score (nSPS) is 18.0. The summed E-state index contributed by atoms with van der Waals surface area (Å²) in [5, 5.41) is 0. The number of aryl methyl sites for hydroxylation is 2. The van der Waals surface area contributed by atoms with Crippen molar-refractivity contribution in [1.82, 2.24) is 4.48 Å². The fourth-order valence-electron chi connectivity index (χ4n) is 5.73. The van der Waals surface area contributed by atoms with Gasteiger partial charge in [0.1, 0.15) is 8.07 Å². The lowest BCUT2D eigenvalue weighted by Crippen LogP contribution is -2.51. The van der Waals surface area contributed by atoms with Crippen LogP contribution >= 0.6 is 0 Å². The molecule has 0 atom stereocenters. The molecule has 2 aliphatic rings. The van der Waals surface area contributed by atoms with E-state index in [9.17, 15) is 0 Å². The molecule has 0 bridgehead atoms. The molecule has 6 heteroatoms. The molecule has 2 nitrogen and oxygen atoms in total. The second-order valence-electron chi connectivity index (χ2n) is 9.52. The van der Waals surface area contributed by atoms with Gasteiger partial charge in [-0.3, -0.25) is 0 Å². The van der Waals surface area contributed by atoms with Gasteiger partial charge < -0.3 is 17.6 Å². The van der Waals surface area contributed by atoms with Crippen molar-refractivity contribution in [3.63, 3.8) is 0 Å². The summed E-state index contributed by atoms with van der Waals surface area (Å²) >= 11 is 0. The molecule has 156 valence electrons. The van der Waals surface area contributed by atoms with Gasteiger partial charge in [-0.05, 0) is 60.6 Å². The summed E-state index contributed by atoms with van der Waals surface area (Å²) in [7, 11) is -2.00. The van der Waals surface area contributed by atoms with Crippen LogP contribution in [0.1, 0.15) is 65.4 Å². The first-order valence-electron chi connectivity index (χ1n) is 10.7. The summed E-state index contributed by atoms with van der Waals surface area (Å²) in [5.74, 6) is 3.25. The molecular weight excluding hydrogens is 381 g/mol. The fourth-order valence-corrected chi connectivity index (χ4v) is 10.9. The van der Waals surface area contributed by atoms with Crippen LogP contribution in [0.3, 0.4) is 0 Å². The Balaban J connectivity index is 2.25. The van der Waals surface area contributed by atoms with E-state index in [2.05, 4.69) is 53.0 Å². The van der Waals surface area contributed by atoms with Crippen molar-refractivity contribution < 1.29 is 13.1 Å². The summed E-state index contributed by atoms with van der Waals surface area (Å²) in [4.78, 5) is 0. The van der Waals surface area contributed by atoms with Crippen molar-refractivity contribution in [3.8, 4) is 11.5 Å². The van der Waals surface area contributed by atoms with Crippen molar-refractivity contribution in [2.75, 3.05) is 0 Å². The van der Waals surface area contributed by atoms with Crippen LogP contribution in [0.25, 0.3) is 5.57 Å². The molecule has 0 saturated carbocycles. The highest BCUT2D eigenvalue weighted by Gasteiger charge is 2.54. The van der Waals surface area contributed by atoms with Gasteiger partial charge in [0.2, 0.25) is 5.71 Å². The molecule has 0 aromatic carbocycles. The van der Waals surface area contributed by atoms with Crippen LogP contribution in [0, 0.1) is 25.3 Å². The first kappa shape index (κ1) is 21.8. The largest absolute Gasteiger partial charge is 0.738 e. The molecule has 0 radical (unpaired) electrons. The molecule has 29 heavy (non-hydrogen) atoms. The van der Waals surface area contributed by atoms with E-state index in [0.29, 0.717) is 39.4 Å². The third-order valence-electron chi connectivity index (χ3n) is 6.97. The number of fused-ring (bicyclic) bond motifs is 2. The lowest BCUT2D eigenvalue weighted by atomic mass is 9.88. The predicted molar refractivity (Wildman–Crippen MR) is 123 cm³/mol. The predicted octanol–water partition coefficient (Wildman–Crippen LogP) is 6.32.